The van der Waals surface area contributed by atoms with Gasteiger partial charge in [0, 0.05) is 17.2 Å². The van der Waals surface area contributed by atoms with E-state index in [1.807, 2.05) is 38.1 Å². The molecular weight excluding hydrogens is 357 g/mol. The second-order valence-corrected chi connectivity index (χ2v) is 7.88. The Labute approximate surface area is 164 Å². The Morgan fingerprint density at radius 1 is 1.21 bits per heavy atom. The van der Waals surface area contributed by atoms with E-state index >= 15 is 0 Å². The Bertz CT molecular complexity index is 930. The molecule has 0 spiro atoms. The molecule has 0 aromatic heterocycles. The Hall–Kier alpha value is -2.82. The van der Waals surface area contributed by atoms with E-state index < -0.39 is 0 Å². The number of benzene rings is 2. The first-order chi connectivity index (χ1) is 13.4. The van der Waals surface area contributed by atoms with Crippen LogP contribution in [0.5, 0.6) is 11.5 Å². The molecule has 1 aliphatic carbocycles. The maximum absolute atomic E-state index is 13.4. The zero-order valence-electron chi connectivity index (χ0n) is 16.4. The molecule has 0 atom stereocenters. The van der Waals surface area contributed by atoms with Crippen LogP contribution in [0.15, 0.2) is 42.5 Å². The molecule has 1 amide bonds. The molecule has 0 radical (unpaired) electrons. The molecule has 28 heavy (non-hydrogen) atoms. The number of nitrogens with zero attached hydrogens (tertiary/aromatic N) is 1. The molecule has 1 aliphatic heterocycles. The van der Waals surface area contributed by atoms with Gasteiger partial charge in [-0.05, 0) is 75.2 Å². The fourth-order valence-electron chi connectivity index (χ4n) is 3.48. The first-order valence-corrected chi connectivity index (χ1v) is 9.53. The average Bonchev–Trinajstić information content (AvgIpc) is 3.50. The summed E-state index contributed by atoms with van der Waals surface area (Å²) in [4.78, 5) is 14.6. The maximum Gasteiger partial charge on any atom is 0.230 e. The van der Waals surface area contributed by atoms with Gasteiger partial charge in [-0.3, -0.25) is 4.79 Å². The smallest absolute Gasteiger partial charge is 0.230 e. The van der Waals surface area contributed by atoms with Crippen LogP contribution in [-0.2, 0) is 11.3 Å². The summed E-state index contributed by atoms with van der Waals surface area (Å²) < 4.78 is 25.1. The predicted octanol–water partition coefficient (Wildman–Crippen LogP) is 4.96. The predicted molar refractivity (Wildman–Crippen MR) is 107 cm³/mol. The summed E-state index contributed by atoms with van der Waals surface area (Å²) in [7, 11) is 1.62. The van der Waals surface area contributed by atoms with Gasteiger partial charge in [-0.1, -0.05) is 0 Å². The van der Waals surface area contributed by atoms with Crippen molar-refractivity contribution in [3.8, 4) is 11.5 Å². The zero-order chi connectivity index (χ0) is 19.9. The lowest BCUT2D eigenvalue weighted by atomic mass is 9.99. The lowest BCUT2D eigenvalue weighted by molar-refractivity contribution is -0.119. The number of halogens is 1. The van der Waals surface area contributed by atoms with E-state index in [1.54, 1.807) is 24.1 Å². The molecule has 2 aromatic rings. The van der Waals surface area contributed by atoms with Crippen molar-refractivity contribution in [2.24, 2.45) is 5.92 Å². The summed E-state index contributed by atoms with van der Waals surface area (Å²) in [5, 5.41) is 0. The summed E-state index contributed by atoms with van der Waals surface area (Å²) in [6.45, 7) is 4.35. The van der Waals surface area contributed by atoms with E-state index in [4.69, 9.17) is 9.47 Å². The van der Waals surface area contributed by atoms with Gasteiger partial charge >= 0.3 is 0 Å². The number of rotatable bonds is 5. The van der Waals surface area contributed by atoms with Gasteiger partial charge < -0.3 is 14.4 Å². The van der Waals surface area contributed by atoms with E-state index in [2.05, 4.69) is 0 Å². The van der Waals surface area contributed by atoms with Gasteiger partial charge in [-0.25, -0.2) is 4.39 Å². The highest BCUT2D eigenvalue weighted by molar-refractivity contribution is 5.96. The lowest BCUT2D eigenvalue weighted by Crippen LogP contribution is -2.32. The molecule has 1 saturated carbocycles. The second-order valence-electron chi connectivity index (χ2n) is 7.88. The van der Waals surface area contributed by atoms with Crippen LogP contribution in [0.2, 0.25) is 0 Å². The van der Waals surface area contributed by atoms with Gasteiger partial charge in [0.05, 0.1) is 19.2 Å². The molecule has 0 saturated heterocycles. The number of hydrogen-bond acceptors (Lipinski definition) is 3. The standard InChI is InChI=1S/C23H24FNO3/c1-23(2)13-12-19-20(28-23)11-6-16(21(19)27-3)14-25(22(26)15-4-5-15)18-9-7-17(24)8-10-18/h6-13,15H,4-5,14H2,1-3H3. The van der Waals surface area contributed by atoms with Crippen LogP contribution in [0, 0.1) is 11.7 Å². The summed E-state index contributed by atoms with van der Waals surface area (Å²) in [6, 6.07) is 9.90. The van der Waals surface area contributed by atoms with E-state index in [0.717, 1.165) is 29.7 Å². The Kier molecular flexibility index (Phi) is 4.61. The molecule has 4 rings (SSSR count). The monoisotopic (exact) mass is 381 g/mol. The molecule has 1 heterocycles. The molecule has 2 aromatic carbocycles. The number of carbonyl (C=O) groups excluding carboxylic acids is 1. The number of ether oxygens (including phenoxy) is 2. The molecule has 5 heteroatoms. The van der Waals surface area contributed by atoms with Crippen molar-refractivity contribution in [2.45, 2.75) is 38.8 Å². The molecule has 0 unspecified atom stereocenters. The molecule has 4 nitrogen and oxygen atoms in total. The fourth-order valence-corrected chi connectivity index (χ4v) is 3.48. The number of carbonyl (C=O) groups is 1. The topological polar surface area (TPSA) is 38.8 Å². The van der Waals surface area contributed by atoms with Crippen molar-refractivity contribution in [3.05, 3.63) is 59.4 Å². The first kappa shape index (κ1) is 18.5. The van der Waals surface area contributed by atoms with Gasteiger partial charge in [-0.15, -0.1) is 0 Å². The van der Waals surface area contributed by atoms with Crippen LogP contribution in [0.4, 0.5) is 10.1 Å². The minimum Gasteiger partial charge on any atom is -0.496 e. The summed E-state index contributed by atoms with van der Waals surface area (Å²) >= 11 is 0. The summed E-state index contributed by atoms with van der Waals surface area (Å²) in [5.41, 5.74) is 2.07. The van der Waals surface area contributed by atoms with Crippen LogP contribution in [0.25, 0.3) is 6.08 Å². The Morgan fingerprint density at radius 2 is 1.93 bits per heavy atom. The summed E-state index contributed by atoms with van der Waals surface area (Å²) in [5.74, 6) is 1.26. The number of hydrogen-bond donors (Lipinski definition) is 0. The highest BCUT2D eigenvalue weighted by Crippen LogP contribution is 2.40. The van der Waals surface area contributed by atoms with Crippen LogP contribution in [-0.4, -0.2) is 18.6 Å². The van der Waals surface area contributed by atoms with Gasteiger partial charge in [-0.2, -0.15) is 0 Å². The van der Waals surface area contributed by atoms with Crippen LogP contribution >= 0.6 is 0 Å². The van der Waals surface area contributed by atoms with Crippen molar-refractivity contribution in [2.75, 3.05) is 12.0 Å². The molecule has 1 fully saturated rings. The minimum atomic E-state index is -0.373. The largest absolute Gasteiger partial charge is 0.496 e. The molecule has 0 N–H and O–H groups in total. The molecular formula is C23H24FNO3. The third-order valence-corrected chi connectivity index (χ3v) is 5.13. The normalized spacial score (nSPS) is 16.9. The average molecular weight is 381 g/mol. The third-order valence-electron chi connectivity index (χ3n) is 5.13. The van der Waals surface area contributed by atoms with Crippen LogP contribution in [0.1, 0.15) is 37.8 Å². The van der Waals surface area contributed by atoms with Crippen molar-refractivity contribution < 1.29 is 18.7 Å². The maximum atomic E-state index is 13.4. The fraction of sp³-hybridized carbons (Fsp3) is 0.348. The van der Waals surface area contributed by atoms with Gasteiger partial charge in [0.15, 0.2) is 0 Å². The highest BCUT2D eigenvalue weighted by Gasteiger charge is 2.35. The van der Waals surface area contributed by atoms with E-state index in [0.29, 0.717) is 18.0 Å². The van der Waals surface area contributed by atoms with Crippen LogP contribution in [0.3, 0.4) is 0 Å². The zero-order valence-corrected chi connectivity index (χ0v) is 16.4. The molecule has 2 aliphatic rings. The molecule has 0 bridgehead atoms. The lowest BCUT2D eigenvalue weighted by Gasteiger charge is -2.30. The highest BCUT2D eigenvalue weighted by atomic mass is 19.1. The van der Waals surface area contributed by atoms with Crippen molar-refractivity contribution in [1.82, 2.24) is 0 Å². The van der Waals surface area contributed by atoms with Gasteiger partial charge in [0.25, 0.3) is 0 Å². The number of fused-ring (bicyclic) bond motifs is 1. The quantitative estimate of drug-likeness (QED) is 0.735. The third kappa shape index (κ3) is 3.61. The number of anilines is 1. The Balaban J connectivity index is 1.70. The molecule has 146 valence electrons. The summed E-state index contributed by atoms with van der Waals surface area (Å²) in [6.07, 6.45) is 5.81. The minimum absolute atomic E-state index is 0.0534. The van der Waals surface area contributed by atoms with E-state index in [9.17, 15) is 9.18 Å². The van der Waals surface area contributed by atoms with Crippen molar-refractivity contribution in [1.29, 1.82) is 0 Å². The van der Waals surface area contributed by atoms with Gasteiger partial charge in [0.2, 0.25) is 5.91 Å². The van der Waals surface area contributed by atoms with Crippen LogP contribution < -0.4 is 14.4 Å². The van der Waals surface area contributed by atoms with E-state index in [1.165, 1.54) is 12.1 Å². The van der Waals surface area contributed by atoms with Crippen molar-refractivity contribution in [3.63, 3.8) is 0 Å². The van der Waals surface area contributed by atoms with E-state index in [-0.39, 0.29) is 23.2 Å². The Morgan fingerprint density at radius 3 is 2.57 bits per heavy atom. The number of methoxy groups -OCH3 is 1. The SMILES string of the molecule is COc1c(CN(C(=O)C2CC2)c2ccc(F)cc2)ccc2c1C=CC(C)(C)O2. The van der Waals surface area contributed by atoms with Crippen molar-refractivity contribution >= 4 is 17.7 Å². The first-order valence-electron chi connectivity index (χ1n) is 9.53. The number of amides is 1. The van der Waals surface area contributed by atoms with Gasteiger partial charge in [0.1, 0.15) is 22.9 Å². The second kappa shape index (κ2) is 6.97.